The highest BCUT2D eigenvalue weighted by atomic mass is 14.5. The molecule has 4 rings (SSSR count). The van der Waals surface area contributed by atoms with E-state index in [-0.39, 0.29) is 0 Å². The monoisotopic (exact) mass is 210 g/mol. The zero-order valence-corrected chi connectivity index (χ0v) is 9.55. The van der Waals surface area contributed by atoms with Crippen molar-refractivity contribution in [1.82, 2.24) is 0 Å². The van der Waals surface area contributed by atoms with Crippen LogP contribution in [0.4, 0.5) is 0 Å². The minimum atomic E-state index is 0.853. The maximum Gasteiger partial charge on any atom is -0.0125 e. The molecule has 0 saturated heterocycles. The van der Waals surface area contributed by atoms with Gasteiger partial charge >= 0.3 is 0 Å². The van der Waals surface area contributed by atoms with Crippen LogP contribution in [0.3, 0.4) is 0 Å². The van der Waals surface area contributed by atoms with E-state index >= 15 is 0 Å². The minimum absolute atomic E-state index is 0.853. The zero-order valence-electron chi connectivity index (χ0n) is 9.55. The lowest BCUT2D eigenvalue weighted by Crippen LogP contribution is -2.18. The van der Waals surface area contributed by atoms with Gasteiger partial charge in [0.15, 0.2) is 0 Å². The van der Waals surface area contributed by atoms with E-state index in [1.807, 2.05) is 0 Å². The summed E-state index contributed by atoms with van der Waals surface area (Å²) in [6, 6.07) is 11.2. The lowest BCUT2D eigenvalue weighted by atomic mass is 9.78. The minimum Gasteiger partial charge on any atom is -0.0848 e. The first kappa shape index (κ1) is 9.04. The number of fused-ring (bicyclic) bond motifs is 5. The van der Waals surface area contributed by atoms with Gasteiger partial charge in [-0.05, 0) is 54.4 Å². The van der Waals surface area contributed by atoms with E-state index in [1.165, 1.54) is 19.3 Å². The van der Waals surface area contributed by atoms with Gasteiger partial charge in [0, 0.05) is 0 Å². The van der Waals surface area contributed by atoms with Crippen molar-refractivity contribution in [2.75, 3.05) is 0 Å². The van der Waals surface area contributed by atoms with Crippen LogP contribution in [-0.4, -0.2) is 0 Å². The summed E-state index contributed by atoms with van der Waals surface area (Å²) in [4.78, 5) is 0. The number of rotatable bonds is 1. The largest absolute Gasteiger partial charge is 0.0848 e. The average molecular weight is 210 g/mol. The Morgan fingerprint density at radius 3 is 2.56 bits per heavy atom. The maximum absolute atomic E-state index is 2.51. The van der Waals surface area contributed by atoms with Crippen LogP contribution in [0.15, 0.2) is 42.5 Å². The third-order valence-corrected chi connectivity index (χ3v) is 5.19. The predicted octanol–water partition coefficient (Wildman–Crippen LogP) is 4.00. The Bertz CT molecular complexity index is 417. The van der Waals surface area contributed by atoms with Crippen molar-refractivity contribution in [2.24, 2.45) is 23.7 Å². The highest BCUT2D eigenvalue weighted by Gasteiger charge is 2.51. The highest BCUT2D eigenvalue weighted by Crippen LogP contribution is 2.60. The van der Waals surface area contributed by atoms with E-state index < -0.39 is 0 Å². The molecule has 82 valence electrons. The molecule has 0 nitrogen and oxygen atoms in total. The summed E-state index contributed by atoms with van der Waals surface area (Å²) in [5.41, 5.74) is 1.59. The van der Waals surface area contributed by atoms with Crippen molar-refractivity contribution < 1.29 is 0 Å². The number of hydrogen-bond acceptors (Lipinski definition) is 0. The molecule has 0 amide bonds. The van der Waals surface area contributed by atoms with Crippen molar-refractivity contribution in [2.45, 2.75) is 25.2 Å². The van der Waals surface area contributed by atoms with Crippen LogP contribution in [0.1, 0.15) is 30.7 Å². The third kappa shape index (κ3) is 1.10. The molecular weight excluding hydrogens is 192 g/mol. The molecule has 1 unspecified atom stereocenters. The summed E-state index contributed by atoms with van der Waals surface area (Å²) >= 11 is 0. The van der Waals surface area contributed by atoms with E-state index in [2.05, 4.69) is 42.5 Å². The van der Waals surface area contributed by atoms with Gasteiger partial charge in [0.2, 0.25) is 0 Å². The van der Waals surface area contributed by atoms with Crippen LogP contribution in [0.2, 0.25) is 0 Å². The molecule has 2 bridgehead atoms. The van der Waals surface area contributed by atoms with Crippen LogP contribution in [0.5, 0.6) is 0 Å². The Labute approximate surface area is 97.4 Å². The van der Waals surface area contributed by atoms with Gasteiger partial charge in [-0.15, -0.1) is 0 Å². The SMILES string of the molecule is C1=C[C@H]2C[C@@H]1[C@H]1CCC(c3ccccc3)[C@H]12. The molecule has 3 aliphatic rings. The van der Waals surface area contributed by atoms with E-state index in [0.29, 0.717) is 0 Å². The fraction of sp³-hybridized carbons (Fsp3) is 0.500. The molecular formula is C16H18. The maximum atomic E-state index is 2.51. The molecule has 1 aromatic carbocycles. The molecule has 0 spiro atoms. The van der Waals surface area contributed by atoms with Crippen molar-refractivity contribution in [3.63, 3.8) is 0 Å². The predicted molar refractivity (Wildman–Crippen MR) is 66.1 cm³/mol. The summed E-state index contributed by atoms with van der Waals surface area (Å²) in [5.74, 6) is 4.68. The van der Waals surface area contributed by atoms with E-state index in [0.717, 1.165) is 29.6 Å². The molecule has 5 atom stereocenters. The van der Waals surface area contributed by atoms with E-state index in [9.17, 15) is 0 Å². The molecule has 16 heavy (non-hydrogen) atoms. The summed E-state index contributed by atoms with van der Waals surface area (Å²) in [7, 11) is 0. The van der Waals surface area contributed by atoms with Gasteiger partial charge in [0.05, 0.1) is 0 Å². The summed E-state index contributed by atoms with van der Waals surface area (Å²) in [6.45, 7) is 0. The summed E-state index contributed by atoms with van der Waals surface area (Å²) in [6.07, 6.45) is 9.36. The molecule has 2 saturated carbocycles. The standard InChI is InChI=1S/C16H18/c1-2-4-11(5-3-1)14-8-9-15-12-6-7-13(10-12)16(14)15/h1-7,12-16H,8-10H2/t12-,13+,14?,15-,16-/m1/s1. The summed E-state index contributed by atoms with van der Waals surface area (Å²) < 4.78 is 0. The Kier molecular flexibility index (Phi) is 1.82. The molecule has 0 N–H and O–H groups in total. The van der Waals surface area contributed by atoms with Crippen LogP contribution in [0, 0.1) is 23.7 Å². The van der Waals surface area contributed by atoms with Crippen LogP contribution in [-0.2, 0) is 0 Å². The average Bonchev–Trinajstić information content (AvgIpc) is 3.03. The second-order valence-corrected chi connectivity index (χ2v) is 5.78. The summed E-state index contributed by atoms with van der Waals surface area (Å²) in [5, 5.41) is 0. The van der Waals surface area contributed by atoms with Gasteiger partial charge in [0.25, 0.3) is 0 Å². The first-order valence-electron chi connectivity index (χ1n) is 6.67. The molecule has 0 aliphatic heterocycles. The third-order valence-electron chi connectivity index (χ3n) is 5.19. The van der Waals surface area contributed by atoms with Gasteiger partial charge in [-0.2, -0.15) is 0 Å². The fourth-order valence-electron chi connectivity index (χ4n) is 4.62. The lowest BCUT2D eigenvalue weighted by molar-refractivity contribution is 0.338. The van der Waals surface area contributed by atoms with Gasteiger partial charge < -0.3 is 0 Å². The Morgan fingerprint density at radius 2 is 1.69 bits per heavy atom. The molecule has 2 fully saturated rings. The quantitative estimate of drug-likeness (QED) is 0.614. The topological polar surface area (TPSA) is 0 Å². The first-order valence-corrected chi connectivity index (χ1v) is 6.67. The second kappa shape index (κ2) is 3.23. The van der Waals surface area contributed by atoms with Crippen LogP contribution in [0.25, 0.3) is 0 Å². The van der Waals surface area contributed by atoms with Crippen molar-refractivity contribution in [3.8, 4) is 0 Å². The smallest absolute Gasteiger partial charge is 0.0125 e. The van der Waals surface area contributed by atoms with Crippen LogP contribution < -0.4 is 0 Å². The molecule has 0 radical (unpaired) electrons. The number of hydrogen-bond donors (Lipinski definition) is 0. The van der Waals surface area contributed by atoms with E-state index in [1.54, 1.807) is 5.56 Å². The van der Waals surface area contributed by atoms with Gasteiger partial charge in [-0.3, -0.25) is 0 Å². The van der Waals surface area contributed by atoms with Crippen molar-refractivity contribution in [1.29, 1.82) is 0 Å². The Morgan fingerprint density at radius 1 is 0.875 bits per heavy atom. The molecule has 0 aromatic heterocycles. The van der Waals surface area contributed by atoms with E-state index in [4.69, 9.17) is 0 Å². The molecule has 3 aliphatic carbocycles. The highest BCUT2D eigenvalue weighted by molar-refractivity contribution is 5.27. The lowest BCUT2D eigenvalue weighted by Gasteiger charge is -2.26. The van der Waals surface area contributed by atoms with Crippen molar-refractivity contribution in [3.05, 3.63) is 48.0 Å². The first-order chi connectivity index (χ1) is 7.93. The van der Waals surface area contributed by atoms with Gasteiger partial charge in [0.1, 0.15) is 0 Å². The molecule has 0 heteroatoms. The Balaban J connectivity index is 1.70. The molecule has 1 aromatic rings. The fourth-order valence-corrected chi connectivity index (χ4v) is 4.62. The number of benzene rings is 1. The normalized spacial score (nSPS) is 43.9. The van der Waals surface area contributed by atoms with Gasteiger partial charge in [-0.25, -0.2) is 0 Å². The second-order valence-electron chi connectivity index (χ2n) is 5.78. The van der Waals surface area contributed by atoms with Crippen molar-refractivity contribution >= 4 is 0 Å². The zero-order chi connectivity index (χ0) is 10.5. The molecule has 0 heterocycles. The van der Waals surface area contributed by atoms with Crippen LogP contribution >= 0.6 is 0 Å². The number of allylic oxidation sites excluding steroid dienone is 2. The van der Waals surface area contributed by atoms with Gasteiger partial charge in [-0.1, -0.05) is 42.5 Å². The Hall–Kier alpha value is -1.04.